The summed E-state index contributed by atoms with van der Waals surface area (Å²) < 4.78 is 12.1. The van der Waals surface area contributed by atoms with Crippen LogP contribution in [0, 0.1) is 6.92 Å². The van der Waals surface area contributed by atoms with Gasteiger partial charge in [0.1, 0.15) is 0 Å². The predicted molar refractivity (Wildman–Crippen MR) is 97.4 cm³/mol. The molecule has 0 unspecified atom stereocenters. The lowest BCUT2D eigenvalue weighted by Crippen LogP contribution is -2.37. The van der Waals surface area contributed by atoms with E-state index in [-0.39, 0.29) is 0 Å². The van der Waals surface area contributed by atoms with Gasteiger partial charge in [-0.1, -0.05) is 35.5 Å². The molecule has 0 spiro atoms. The average molecular weight is 323 g/mol. The lowest BCUT2D eigenvalue weighted by molar-refractivity contribution is 0.336. The fraction of sp³-hybridized carbons (Fsp3) is 0.529. The summed E-state index contributed by atoms with van der Waals surface area (Å²) in [6.07, 6.45) is 0. The lowest BCUT2D eigenvalue weighted by Gasteiger charge is -2.29. The van der Waals surface area contributed by atoms with E-state index in [0.29, 0.717) is 0 Å². The molecule has 0 N–H and O–H groups in total. The van der Waals surface area contributed by atoms with Crippen LogP contribution in [0.1, 0.15) is 25.0 Å². The minimum absolute atomic E-state index is 0.763. The Hall–Kier alpha value is -0.686. The second-order valence-corrected chi connectivity index (χ2v) is 14.0. The van der Waals surface area contributed by atoms with Crippen molar-refractivity contribution in [1.82, 2.24) is 0 Å². The highest BCUT2D eigenvalue weighted by Crippen LogP contribution is 2.29. The van der Waals surface area contributed by atoms with Crippen LogP contribution in [0.3, 0.4) is 0 Å². The van der Waals surface area contributed by atoms with Gasteiger partial charge in [-0.25, -0.2) is 0 Å². The number of rotatable bonds is 7. The summed E-state index contributed by atoms with van der Waals surface area (Å²) in [5.41, 5.74) is 4.96. The molecule has 0 aromatic heterocycles. The summed E-state index contributed by atoms with van der Waals surface area (Å²) in [6, 6.07) is 8.78. The summed E-state index contributed by atoms with van der Waals surface area (Å²) in [5, 5.41) is 1.37. The van der Waals surface area contributed by atoms with E-state index in [0.717, 1.165) is 13.2 Å². The molecule has 0 aliphatic rings. The molecule has 0 saturated heterocycles. The molecule has 4 heteroatoms. The van der Waals surface area contributed by atoms with Crippen molar-refractivity contribution in [3.8, 4) is 0 Å². The molecule has 0 aliphatic heterocycles. The van der Waals surface area contributed by atoms with Crippen molar-refractivity contribution >= 4 is 21.8 Å². The highest BCUT2D eigenvalue weighted by Gasteiger charge is 2.32. The van der Waals surface area contributed by atoms with Crippen molar-refractivity contribution in [3.05, 3.63) is 41.1 Å². The van der Waals surface area contributed by atoms with Gasteiger partial charge in [-0.05, 0) is 57.7 Å². The van der Waals surface area contributed by atoms with E-state index in [4.69, 9.17) is 8.85 Å². The smallest absolute Gasteiger partial charge is 0.218 e. The summed E-state index contributed by atoms with van der Waals surface area (Å²) >= 11 is 0. The Kier molecular flexibility index (Phi) is 6.59. The van der Waals surface area contributed by atoms with Crippen LogP contribution < -0.4 is 0 Å². The van der Waals surface area contributed by atoms with Crippen LogP contribution >= 0.6 is 0 Å². The molecule has 0 atom stereocenters. The minimum atomic E-state index is -1.91. The van der Waals surface area contributed by atoms with E-state index in [9.17, 15) is 0 Å². The number of hydrogen-bond donors (Lipinski definition) is 0. The zero-order chi connectivity index (χ0) is 16.1. The maximum absolute atomic E-state index is 6.14. The Morgan fingerprint density at radius 2 is 1.48 bits per heavy atom. The third-order valence-corrected chi connectivity index (χ3v) is 8.57. The standard InChI is InChI=1S/C17H30O2Si2/c1-8-18-20(4,5)14-17(21(6,7)19-9-2)16-12-10-15(3)11-13-16/h10-14H,8-9H2,1-7H3/b17-14-. The van der Waals surface area contributed by atoms with Gasteiger partial charge >= 0.3 is 0 Å². The molecule has 0 saturated carbocycles. The largest absolute Gasteiger partial charge is 0.414 e. The summed E-state index contributed by atoms with van der Waals surface area (Å²) in [6.45, 7) is 16.9. The van der Waals surface area contributed by atoms with Crippen molar-refractivity contribution in [2.75, 3.05) is 13.2 Å². The van der Waals surface area contributed by atoms with Crippen molar-refractivity contribution in [2.45, 2.75) is 47.0 Å². The number of aryl methyl sites for hydroxylation is 1. The molecule has 1 aromatic rings. The molecule has 0 radical (unpaired) electrons. The maximum atomic E-state index is 6.14. The summed E-state index contributed by atoms with van der Waals surface area (Å²) in [4.78, 5) is 0. The fourth-order valence-corrected chi connectivity index (χ4v) is 8.40. The Labute approximate surface area is 132 Å². The average Bonchev–Trinajstić information content (AvgIpc) is 2.37. The van der Waals surface area contributed by atoms with E-state index >= 15 is 0 Å². The van der Waals surface area contributed by atoms with Crippen LogP contribution in [-0.2, 0) is 8.85 Å². The Balaban J connectivity index is 3.29. The van der Waals surface area contributed by atoms with Gasteiger partial charge in [0.15, 0.2) is 0 Å². The van der Waals surface area contributed by atoms with Crippen LogP contribution in [0.2, 0.25) is 26.2 Å². The molecular formula is C17H30O2Si2. The Bertz CT molecular complexity index is 476. The van der Waals surface area contributed by atoms with Crippen LogP contribution in [0.15, 0.2) is 30.0 Å². The molecule has 1 rings (SSSR count). The highest BCUT2D eigenvalue weighted by molar-refractivity contribution is 6.93. The molecule has 0 bridgehead atoms. The Morgan fingerprint density at radius 1 is 0.952 bits per heavy atom. The molecule has 2 nitrogen and oxygen atoms in total. The van der Waals surface area contributed by atoms with Crippen molar-refractivity contribution in [1.29, 1.82) is 0 Å². The zero-order valence-corrected chi connectivity index (χ0v) is 16.6. The number of hydrogen-bond acceptors (Lipinski definition) is 2. The van der Waals surface area contributed by atoms with E-state index in [1.807, 2.05) is 0 Å². The van der Waals surface area contributed by atoms with E-state index in [1.54, 1.807) is 0 Å². The first kappa shape index (κ1) is 18.4. The van der Waals surface area contributed by atoms with Crippen molar-refractivity contribution < 1.29 is 8.85 Å². The highest BCUT2D eigenvalue weighted by atomic mass is 28.4. The minimum Gasteiger partial charge on any atom is -0.414 e. The van der Waals surface area contributed by atoms with Gasteiger partial charge in [-0.3, -0.25) is 0 Å². The second kappa shape index (κ2) is 7.54. The normalized spacial score (nSPS) is 13.6. The first-order valence-electron chi connectivity index (χ1n) is 7.80. The predicted octanol–water partition coefficient (Wildman–Crippen LogP) is 4.94. The van der Waals surface area contributed by atoms with E-state index < -0.39 is 16.6 Å². The molecule has 0 fully saturated rings. The van der Waals surface area contributed by atoms with E-state index in [2.05, 4.69) is 76.9 Å². The SMILES string of the molecule is CCO[Si](C)(C)/C=C(/c1ccc(C)cc1)[Si](C)(C)OCC. The third kappa shape index (κ3) is 5.54. The lowest BCUT2D eigenvalue weighted by atomic mass is 10.1. The molecule has 118 valence electrons. The van der Waals surface area contributed by atoms with Gasteiger partial charge in [-0.2, -0.15) is 0 Å². The second-order valence-electron chi connectivity index (χ2n) is 6.40. The maximum Gasteiger partial charge on any atom is 0.218 e. The van der Waals surface area contributed by atoms with Gasteiger partial charge in [0, 0.05) is 13.2 Å². The summed E-state index contributed by atoms with van der Waals surface area (Å²) in [5.74, 6) is 0. The Morgan fingerprint density at radius 3 is 1.95 bits per heavy atom. The zero-order valence-electron chi connectivity index (χ0n) is 14.6. The summed E-state index contributed by atoms with van der Waals surface area (Å²) in [7, 11) is -3.72. The van der Waals surface area contributed by atoms with Crippen LogP contribution in [0.5, 0.6) is 0 Å². The van der Waals surface area contributed by atoms with Gasteiger partial charge in [0.05, 0.1) is 0 Å². The molecular weight excluding hydrogens is 292 g/mol. The van der Waals surface area contributed by atoms with E-state index in [1.165, 1.54) is 16.3 Å². The third-order valence-electron chi connectivity index (χ3n) is 3.52. The quantitative estimate of drug-likeness (QED) is 0.662. The number of benzene rings is 1. The topological polar surface area (TPSA) is 18.5 Å². The van der Waals surface area contributed by atoms with Crippen LogP contribution in [-0.4, -0.2) is 29.8 Å². The first-order chi connectivity index (χ1) is 9.72. The monoisotopic (exact) mass is 322 g/mol. The van der Waals surface area contributed by atoms with Gasteiger partial charge in [0.2, 0.25) is 16.6 Å². The molecule has 0 amide bonds. The molecule has 0 aliphatic carbocycles. The van der Waals surface area contributed by atoms with Crippen molar-refractivity contribution in [3.63, 3.8) is 0 Å². The van der Waals surface area contributed by atoms with Gasteiger partial charge < -0.3 is 8.85 Å². The van der Waals surface area contributed by atoms with Crippen molar-refractivity contribution in [2.24, 2.45) is 0 Å². The first-order valence-corrected chi connectivity index (χ1v) is 13.7. The van der Waals surface area contributed by atoms with Crippen LogP contribution in [0.25, 0.3) is 5.20 Å². The van der Waals surface area contributed by atoms with Gasteiger partial charge in [0.25, 0.3) is 0 Å². The van der Waals surface area contributed by atoms with Gasteiger partial charge in [-0.15, -0.1) is 0 Å². The fourth-order valence-electron chi connectivity index (χ4n) is 2.54. The van der Waals surface area contributed by atoms with Crippen LogP contribution in [0.4, 0.5) is 0 Å². The molecule has 1 aromatic carbocycles. The molecule has 21 heavy (non-hydrogen) atoms. The molecule has 0 heterocycles.